The second-order valence-corrected chi connectivity index (χ2v) is 4.07. The minimum atomic E-state index is -3.09. The Labute approximate surface area is 99.9 Å². The molecular weight excluding hydrogens is 232 g/mol. The smallest absolute Gasteiger partial charge is 0.303 e. The van der Waals surface area contributed by atoms with Gasteiger partial charge in [-0.3, -0.25) is 0 Å². The van der Waals surface area contributed by atoms with Gasteiger partial charge in [-0.15, -0.1) is 0 Å². The maximum atomic E-state index is 9.03. The molecule has 7 nitrogen and oxygen atoms in total. The third-order valence-corrected chi connectivity index (χ3v) is 2.29. The van der Waals surface area contributed by atoms with Crippen molar-refractivity contribution in [3.63, 3.8) is 0 Å². The molecule has 0 aromatic carbocycles. The Balaban J connectivity index is 4.68. The van der Waals surface area contributed by atoms with Gasteiger partial charge in [-0.2, -0.15) is 0 Å². The fourth-order valence-electron chi connectivity index (χ4n) is 1.43. The average molecular weight is 254 g/mol. The predicted octanol–water partition coefficient (Wildman–Crippen LogP) is -1.40. The summed E-state index contributed by atoms with van der Waals surface area (Å²) in [5.41, 5.74) is 0. The van der Waals surface area contributed by atoms with Gasteiger partial charge >= 0.3 is 11.9 Å². The lowest BCUT2D eigenvalue weighted by Crippen LogP contribution is -2.51. The molecule has 2 atom stereocenters. The van der Waals surface area contributed by atoms with Crippen LogP contribution in [0, 0.1) is 0 Å². The second kappa shape index (κ2) is 6.60. The molecule has 0 heterocycles. The van der Waals surface area contributed by atoms with Crippen molar-refractivity contribution in [1.82, 2.24) is 0 Å². The molecule has 0 spiro atoms. The molecular formula is C10H22O7. The molecule has 6 N–H and O–H groups in total. The van der Waals surface area contributed by atoms with E-state index < -0.39 is 24.2 Å². The first-order valence-electron chi connectivity index (χ1n) is 5.62. The molecule has 2 unspecified atom stereocenters. The van der Waals surface area contributed by atoms with Crippen LogP contribution in [-0.4, -0.2) is 54.8 Å². The third kappa shape index (κ3) is 6.27. The molecule has 0 aliphatic rings. The van der Waals surface area contributed by atoms with Crippen LogP contribution in [0.5, 0.6) is 0 Å². The highest BCUT2D eigenvalue weighted by Crippen LogP contribution is 2.22. The minimum absolute atomic E-state index is 0.0831. The molecule has 0 saturated heterocycles. The number of aliphatic hydroxyl groups is 6. The van der Waals surface area contributed by atoms with Crippen molar-refractivity contribution in [3.8, 4) is 0 Å². The lowest BCUT2D eigenvalue weighted by atomic mass is 10.1. The SMILES string of the molecule is CCCC(OC(CCC)C(O)(O)O)C(O)(O)O. The molecule has 0 bridgehead atoms. The molecule has 0 aliphatic heterocycles. The van der Waals surface area contributed by atoms with Gasteiger partial charge in [-0.1, -0.05) is 26.7 Å². The number of hydrogen-bond acceptors (Lipinski definition) is 7. The summed E-state index contributed by atoms with van der Waals surface area (Å²) in [4.78, 5) is 0. The molecule has 0 aromatic heterocycles. The van der Waals surface area contributed by atoms with Crippen molar-refractivity contribution in [3.05, 3.63) is 0 Å². The van der Waals surface area contributed by atoms with E-state index in [2.05, 4.69) is 0 Å². The van der Waals surface area contributed by atoms with Crippen LogP contribution < -0.4 is 0 Å². The van der Waals surface area contributed by atoms with Crippen LogP contribution in [0.15, 0.2) is 0 Å². The standard InChI is InChI=1S/C10H22O7/c1-3-5-7(9(11,12)13)17-8(6-4-2)10(14,15)16/h7-8,11-16H,3-6H2,1-2H3. The van der Waals surface area contributed by atoms with E-state index in [1.807, 2.05) is 0 Å². The Kier molecular flexibility index (Phi) is 6.49. The van der Waals surface area contributed by atoms with Crippen LogP contribution in [0.4, 0.5) is 0 Å². The van der Waals surface area contributed by atoms with Gasteiger partial charge in [0.2, 0.25) is 0 Å². The van der Waals surface area contributed by atoms with E-state index in [-0.39, 0.29) is 12.8 Å². The van der Waals surface area contributed by atoms with Crippen molar-refractivity contribution < 1.29 is 35.4 Å². The van der Waals surface area contributed by atoms with Gasteiger partial charge in [0.15, 0.2) is 0 Å². The zero-order chi connectivity index (χ0) is 13.7. The lowest BCUT2D eigenvalue weighted by Gasteiger charge is -2.33. The van der Waals surface area contributed by atoms with Crippen molar-refractivity contribution in [2.24, 2.45) is 0 Å². The Morgan fingerprint density at radius 2 is 1.06 bits per heavy atom. The summed E-state index contributed by atoms with van der Waals surface area (Å²) in [6.07, 6.45) is -1.76. The molecule has 0 fully saturated rings. The van der Waals surface area contributed by atoms with Crippen molar-refractivity contribution in [2.45, 2.75) is 63.7 Å². The zero-order valence-corrected chi connectivity index (χ0v) is 10.1. The van der Waals surface area contributed by atoms with Crippen LogP contribution in [0.2, 0.25) is 0 Å². The van der Waals surface area contributed by atoms with Gasteiger partial charge in [-0.05, 0) is 12.8 Å². The van der Waals surface area contributed by atoms with E-state index in [1.54, 1.807) is 13.8 Å². The lowest BCUT2D eigenvalue weighted by molar-refractivity contribution is -0.408. The van der Waals surface area contributed by atoms with Gasteiger partial charge in [0, 0.05) is 0 Å². The summed E-state index contributed by atoms with van der Waals surface area (Å²) in [7, 11) is 0. The maximum absolute atomic E-state index is 9.03. The van der Waals surface area contributed by atoms with Crippen LogP contribution in [-0.2, 0) is 4.74 Å². The Morgan fingerprint density at radius 3 is 1.24 bits per heavy atom. The van der Waals surface area contributed by atoms with Crippen molar-refractivity contribution in [1.29, 1.82) is 0 Å². The highest BCUT2D eigenvalue weighted by molar-refractivity contribution is 4.72. The summed E-state index contributed by atoms with van der Waals surface area (Å²) >= 11 is 0. The molecule has 17 heavy (non-hydrogen) atoms. The van der Waals surface area contributed by atoms with E-state index in [9.17, 15) is 0 Å². The fraction of sp³-hybridized carbons (Fsp3) is 1.00. The Bertz CT molecular complexity index is 184. The van der Waals surface area contributed by atoms with Gasteiger partial charge in [0.25, 0.3) is 0 Å². The highest BCUT2D eigenvalue weighted by Gasteiger charge is 2.40. The van der Waals surface area contributed by atoms with Gasteiger partial charge in [0.1, 0.15) is 12.2 Å². The van der Waals surface area contributed by atoms with Gasteiger partial charge < -0.3 is 35.4 Å². The molecule has 104 valence electrons. The van der Waals surface area contributed by atoms with Gasteiger partial charge in [-0.25, -0.2) is 0 Å². The van der Waals surface area contributed by atoms with E-state index >= 15 is 0 Å². The summed E-state index contributed by atoms with van der Waals surface area (Å²) in [6.45, 7) is 3.45. The van der Waals surface area contributed by atoms with E-state index in [4.69, 9.17) is 35.4 Å². The summed E-state index contributed by atoms with van der Waals surface area (Å²) in [6, 6.07) is 0. The van der Waals surface area contributed by atoms with E-state index in [0.29, 0.717) is 12.8 Å². The summed E-state index contributed by atoms with van der Waals surface area (Å²) in [5, 5.41) is 54.2. The fourth-order valence-corrected chi connectivity index (χ4v) is 1.43. The molecule has 0 saturated carbocycles. The van der Waals surface area contributed by atoms with Crippen molar-refractivity contribution >= 4 is 0 Å². The predicted molar refractivity (Wildman–Crippen MR) is 57.3 cm³/mol. The maximum Gasteiger partial charge on any atom is 0.303 e. The normalized spacial score (nSPS) is 16.9. The molecule has 0 aromatic rings. The first kappa shape index (κ1) is 16.7. The first-order valence-corrected chi connectivity index (χ1v) is 5.62. The molecule has 0 rings (SSSR count). The van der Waals surface area contributed by atoms with Crippen LogP contribution in [0.1, 0.15) is 39.5 Å². The number of ether oxygens (including phenoxy) is 1. The topological polar surface area (TPSA) is 131 Å². The first-order chi connectivity index (χ1) is 7.62. The Morgan fingerprint density at radius 1 is 0.765 bits per heavy atom. The average Bonchev–Trinajstić information content (AvgIpc) is 2.12. The van der Waals surface area contributed by atoms with E-state index in [1.165, 1.54) is 0 Å². The third-order valence-electron chi connectivity index (χ3n) is 2.29. The van der Waals surface area contributed by atoms with Crippen molar-refractivity contribution in [2.75, 3.05) is 0 Å². The molecule has 0 radical (unpaired) electrons. The molecule has 0 amide bonds. The largest absolute Gasteiger partial charge is 0.358 e. The van der Waals surface area contributed by atoms with Crippen LogP contribution >= 0.6 is 0 Å². The number of hydrogen-bond donors (Lipinski definition) is 6. The highest BCUT2D eigenvalue weighted by atomic mass is 16.7. The summed E-state index contributed by atoms with van der Waals surface area (Å²) < 4.78 is 4.96. The minimum Gasteiger partial charge on any atom is -0.358 e. The Hall–Kier alpha value is -0.280. The molecule has 0 aliphatic carbocycles. The quantitative estimate of drug-likeness (QED) is 0.294. The number of rotatable bonds is 8. The van der Waals surface area contributed by atoms with Crippen LogP contribution in [0.3, 0.4) is 0 Å². The second-order valence-electron chi connectivity index (χ2n) is 4.07. The van der Waals surface area contributed by atoms with Crippen LogP contribution in [0.25, 0.3) is 0 Å². The zero-order valence-electron chi connectivity index (χ0n) is 10.1. The molecule has 7 heteroatoms. The van der Waals surface area contributed by atoms with E-state index in [0.717, 1.165) is 0 Å². The van der Waals surface area contributed by atoms with Gasteiger partial charge in [0.05, 0.1) is 0 Å². The summed E-state index contributed by atoms with van der Waals surface area (Å²) in [5.74, 6) is -6.18. The monoisotopic (exact) mass is 254 g/mol.